The van der Waals surface area contributed by atoms with Gasteiger partial charge in [-0.1, -0.05) is 53.9 Å². The van der Waals surface area contributed by atoms with Crippen molar-refractivity contribution >= 4 is 21.6 Å². The lowest BCUT2D eigenvalue weighted by atomic mass is 10.2. The lowest BCUT2D eigenvalue weighted by Crippen LogP contribution is -2.27. The molecule has 0 aromatic rings. The zero-order valence-corrected chi connectivity index (χ0v) is 16.0. The lowest BCUT2D eigenvalue weighted by Gasteiger charge is -2.13. The lowest BCUT2D eigenvalue weighted by molar-refractivity contribution is 0.154. The molecule has 0 aliphatic heterocycles. The number of hydrogen-bond donors (Lipinski definition) is 3. The zero-order valence-electron chi connectivity index (χ0n) is 14.3. The molecule has 0 rings (SSSR count). The van der Waals surface area contributed by atoms with E-state index in [4.69, 9.17) is 4.74 Å². The fraction of sp³-hybridized carbons (Fsp3) is 0.750. The van der Waals surface area contributed by atoms with Crippen LogP contribution in [0.2, 0.25) is 0 Å². The highest BCUT2D eigenvalue weighted by Gasteiger charge is 2.01. The molecule has 0 bridgehead atoms. The fourth-order valence-electron chi connectivity index (χ4n) is 1.33. The second-order valence-electron chi connectivity index (χ2n) is 5.10. The van der Waals surface area contributed by atoms with E-state index in [0.29, 0.717) is 31.1 Å². The molecule has 4 nitrogen and oxygen atoms in total. The quantitative estimate of drug-likeness (QED) is 0.206. The van der Waals surface area contributed by atoms with Gasteiger partial charge < -0.3 is 20.7 Å². The second kappa shape index (κ2) is 15.6. The predicted octanol–water partition coefficient (Wildman–Crippen LogP) is 2.30. The van der Waals surface area contributed by atoms with E-state index in [2.05, 4.69) is 55.1 Å². The van der Waals surface area contributed by atoms with Crippen molar-refractivity contribution in [3.05, 3.63) is 12.3 Å². The molecule has 0 aliphatic carbocycles. The second-order valence-corrected chi connectivity index (χ2v) is 7.93. The minimum atomic E-state index is 0.411. The maximum Gasteiger partial charge on any atom is 0.0857 e. The van der Waals surface area contributed by atoms with E-state index in [1.807, 2.05) is 28.6 Å². The third-order valence-corrected chi connectivity index (χ3v) is 5.16. The van der Waals surface area contributed by atoms with Gasteiger partial charge in [-0.2, -0.15) is 0 Å². The van der Waals surface area contributed by atoms with Crippen LogP contribution >= 0.6 is 21.6 Å². The standard InChI is InChI=1S/C16H31N3OS2/c1-14(2)7-6-8-18-15(3)13-20-11-9-19-16(4)22-21-12-10-17-5/h14,16-19H,3,8-13H2,1-2,4-5H3. The van der Waals surface area contributed by atoms with E-state index in [9.17, 15) is 0 Å². The van der Waals surface area contributed by atoms with Gasteiger partial charge in [0, 0.05) is 30.5 Å². The van der Waals surface area contributed by atoms with Crippen LogP contribution in [0.5, 0.6) is 0 Å². The summed E-state index contributed by atoms with van der Waals surface area (Å²) in [6, 6.07) is 0. The summed E-state index contributed by atoms with van der Waals surface area (Å²) >= 11 is 0. The molecule has 0 heterocycles. The predicted molar refractivity (Wildman–Crippen MR) is 102 cm³/mol. The van der Waals surface area contributed by atoms with Crippen LogP contribution in [-0.4, -0.2) is 51.0 Å². The Labute approximate surface area is 144 Å². The van der Waals surface area contributed by atoms with Crippen LogP contribution in [0.15, 0.2) is 12.3 Å². The van der Waals surface area contributed by atoms with Crippen molar-refractivity contribution in [3.63, 3.8) is 0 Å². The Morgan fingerprint density at radius 2 is 2.05 bits per heavy atom. The van der Waals surface area contributed by atoms with Crippen molar-refractivity contribution in [3.8, 4) is 11.8 Å². The van der Waals surface area contributed by atoms with E-state index >= 15 is 0 Å². The molecule has 0 saturated heterocycles. The Morgan fingerprint density at radius 1 is 1.27 bits per heavy atom. The highest BCUT2D eigenvalue weighted by atomic mass is 33.1. The van der Waals surface area contributed by atoms with Gasteiger partial charge in [-0.15, -0.1) is 0 Å². The molecule has 3 N–H and O–H groups in total. The van der Waals surface area contributed by atoms with Gasteiger partial charge in [-0.05, 0) is 14.0 Å². The van der Waals surface area contributed by atoms with Gasteiger partial charge >= 0.3 is 0 Å². The third-order valence-electron chi connectivity index (χ3n) is 2.42. The molecule has 0 aliphatic rings. The minimum absolute atomic E-state index is 0.411. The monoisotopic (exact) mass is 345 g/mol. The van der Waals surface area contributed by atoms with Crippen molar-refractivity contribution in [2.75, 3.05) is 45.6 Å². The molecule has 1 unspecified atom stereocenters. The summed E-state index contributed by atoms with van der Waals surface area (Å²) in [6.07, 6.45) is 0. The number of ether oxygens (including phenoxy) is 1. The molecular formula is C16H31N3OS2. The first kappa shape index (κ1) is 21.7. The molecule has 1 atom stereocenters. The van der Waals surface area contributed by atoms with Crippen LogP contribution in [0.1, 0.15) is 20.8 Å². The van der Waals surface area contributed by atoms with Crippen LogP contribution in [0, 0.1) is 17.8 Å². The first-order chi connectivity index (χ1) is 10.6. The van der Waals surface area contributed by atoms with Gasteiger partial charge in [0.05, 0.1) is 25.1 Å². The van der Waals surface area contributed by atoms with E-state index in [0.717, 1.165) is 24.5 Å². The Morgan fingerprint density at radius 3 is 2.73 bits per heavy atom. The molecule has 0 spiro atoms. The van der Waals surface area contributed by atoms with Crippen molar-refractivity contribution < 1.29 is 4.74 Å². The summed E-state index contributed by atoms with van der Waals surface area (Å²) in [6.45, 7) is 14.0. The van der Waals surface area contributed by atoms with E-state index in [1.54, 1.807) is 0 Å². The van der Waals surface area contributed by atoms with E-state index < -0.39 is 0 Å². The maximum atomic E-state index is 5.57. The van der Waals surface area contributed by atoms with Gasteiger partial charge in [-0.25, -0.2) is 0 Å². The van der Waals surface area contributed by atoms with Crippen molar-refractivity contribution in [2.45, 2.75) is 26.1 Å². The van der Waals surface area contributed by atoms with Crippen molar-refractivity contribution in [2.24, 2.45) is 5.92 Å². The molecule has 0 saturated carbocycles. The van der Waals surface area contributed by atoms with Crippen molar-refractivity contribution in [1.29, 1.82) is 0 Å². The van der Waals surface area contributed by atoms with Gasteiger partial charge in [0.1, 0.15) is 0 Å². The Kier molecular flexibility index (Phi) is 15.3. The molecule has 0 aromatic carbocycles. The van der Waals surface area contributed by atoms with Crippen LogP contribution in [0.4, 0.5) is 0 Å². The SMILES string of the molecule is C=C(COCCNC(C)SSCCNC)NCC#CC(C)C. The van der Waals surface area contributed by atoms with Crippen LogP contribution < -0.4 is 16.0 Å². The van der Waals surface area contributed by atoms with Gasteiger partial charge in [-0.3, -0.25) is 0 Å². The van der Waals surface area contributed by atoms with Crippen LogP contribution in [-0.2, 0) is 4.74 Å². The molecule has 0 radical (unpaired) electrons. The first-order valence-corrected chi connectivity index (χ1v) is 10.1. The average molecular weight is 346 g/mol. The fourth-order valence-corrected chi connectivity index (χ4v) is 3.46. The minimum Gasteiger partial charge on any atom is -0.376 e. The Hall–Kier alpha value is -0.320. The molecule has 128 valence electrons. The third kappa shape index (κ3) is 16.1. The van der Waals surface area contributed by atoms with Gasteiger partial charge in [0.2, 0.25) is 0 Å². The maximum absolute atomic E-state index is 5.57. The summed E-state index contributed by atoms with van der Waals surface area (Å²) in [4.78, 5) is 0. The van der Waals surface area contributed by atoms with Crippen LogP contribution in [0.3, 0.4) is 0 Å². The summed E-state index contributed by atoms with van der Waals surface area (Å²) in [7, 11) is 5.72. The average Bonchev–Trinajstić information content (AvgIpc) is 2.47. The highest BCUT2D eigenvalue weighted by molar-refractivity contribution is 8.76. The van der Waals surface area contributed by atoms with Gasteiger partial charge in [0.25, 0.3) is 0 Å². The van der Waals surface area contributed by atoms with E-state index in [-0.39, 0.29) is 0 Å². The smallest absolute Gasteiger partial charge is 0.0857 e. The summed E-state index contributed by atoms with van der Waals surface area (Å²) < 4.78 is 5.57. The molecule has 0 amide bonds. The summed E-state index contributed by atoms with van der Waals surface area (Å²) in [5.74, 6) is 7.69. The van der Waals surface area contributed by atoms with Gasteiger partial charge in [0.15, 0.2) is 0 Å². The molecule has 6 heteroatoms. The van der Waals surface area contributed by atoms with Crippen molar-refractivity contribution in [1.82, 2.24) is 16.0 Å². The number of rotatable bonds is 13. The largest absolute Gasteiger partial charge is 0.376 e. The first-order valence-electron chi connectivity index (χ1n) is 7.70. The summed E-state index contributed by atoms with van der Waals surface area (Å²) in [5, 5.41) is 10.1. The Balaban J connectivity index is 3.41. The molecule has 22 heavy (non-hydrogen) atoms. The molecule has 0 aromatic heterocycles. The highest BCUT2D eigenvalue weighted by Crippen LogP contribution is 2.24. The summed E-state index contributed by atoms with van der Waals surface area (Å²) in [5.41, 5.74) is 0.878. The number of hydrogen-bond acceptors (Lipinski definition) is 6. The molecular weight excluding hydrogens is 314 g/mol. The molecule has 0 fully saturated rings. The normalized spacial score (nSPS) is 11.9. The van der Waals surface area contributed by atoms with Crippen LogP contribution in [0.25, 0.3) is 0 Å². The number of nitrogens with one attached hydrogen (secondary N) is 3. The Bertz CT molecular complexity index is 340. The van der Waals surface area contributed by atoms with E-state index in [1.165, 1.54) is 0 Å². The topological polar surface area (TPSA) is 45.3 Å². The zero-order chi connectivity index (χ0) is 16.6.